The Morgan fingerprint density at radius 3 is 2.58 bits per heavy atom. The molecule has 0 aromatic heterocycles. The molecule has 1 aliphatic carbocycles. The van der Waals surface area contributed by atoms with Gasteiger partial charge in [-0.3, -0.25) is 9.69 Å². The van der Waals surface area contributed by atoms with Crippen LogP contribution in [-0.4, -0.2) is 73.4 Å². The standard InChI is InChI=1S/C19H28N2O3/c1-20(14-17(22)15-21-9-11-24-12-10-21)18(23)19(7-8-19)13-16-5-3-2-4-6-16/h2-6,17,22H,7-15H2,1H3. The summed E-state index contributed by atoms with van der Waals surface area (Å²) in [6.07, 6.45) is 2.19. The van der Waals surface area contributed by atoms with Crippen molar-refractivity contribution in [2.75, 3.05) is 46.4 Å². The van der Waals surface area contributed by atoms with Gasteiger partial charge in [0.05, 0.1) is 24.7 Å². The van der Waals surface area contributed by atoms with Gasteiger partial charge in [-0.05, 0) is 24.8 Å². The van der Waals surface area contributed by atoms with Crippen LogP contribution in [0.4, 0.5) is 0 Å². The van der Waals surface area contributed by atoms with Gasteiger partial charge >= 0.3 is 0 Å². The number of β-amino-alcohol motifs (C(OH)–C–C–N with tert-alkyl or cyclic N) is 1. The fourth-order valence-electron chi connectivity index (χ4n) is 3.55. The fraction of sp³-hybridized carbons (Fsp3) is 0.632. The Kier molecular flexibility index (Phi) is 5.54. The van der Waals surface area contributed by atoms with Crippen LogP contribution in [0.5, 0.6) is 0 Å². The van der Waals surface area contributed by atoms with Crippen molar-refractivity contribution in [3.63, 3.8) is 0 Å². The average Bonchev–Trinajstić information content (AvgIpc) is 3.36. The molecular weight excluding hydrogens is 304 g/mol. The molecule has 2 fully saturated rings. The summed E-state index contributed by atoms with van der Waals surface area (Å²) in [6.45, 7) is 4.15. The molecule has 24 heavy (non-hydrogen) atoms. The minimum absolute atomic E-state index is 0.174. The average molecular weight is 332 g/mol. The molecule has 0 bridgehead atoms. The van der Waals surface area contributed by atoms with E-state index in [0.29, 0.717) is 13.1 Å². The fourth-order valence-corrected chi connectivity index (χ4v) is 3.55. The van der Waals surface area contributed by atoms with Crippen molar-refractivity contribution in [1.82, 2.24) is 9.80 Å². The number of nitrogens with zero attached hydrogens (tertiary/aromatic N) is 2. The van der Waals surface area contributed by atoms with Gasteiger partial charge in [0.15, 0.2) is 0 Å². The Hall–Kier alpha value is -1.43. The van der Waals surface area contributed by atoms with Crippen LogP contribution in [0.25, 0.3) is 0 Å². The van der Waals surface area contributed by atoms with Crippen molar-refractivity contribution in [2.24, 2.45) is 5.41 Å². The quantitative estimate of drug-likeness (QED) is 0.814. The largest absolute Gasteiger partial charge is 0.390 e. The van der Waals surface area contributed by atoms with E-state index in [1.54, 1.807) is 4.90 Å². The Bertz CT molecular complexity index is 539. The van der Waals surface area contributed by atoms with Gasteiger partial charge in [-0.2, -0.15) is 0 Å². The predicted molar refractivity (Wildman–Crippen MR) is 92.7 cm³/mol. The van der Waals surface area contributed by atoms with Gasteiger partial charge in [-0.25, -0.2) is 0 Å². The molecule has 1 saturated carbocycles. The summed E-state index contributed by atoms with van der Waals surface area (Å²) in [5, 5.41) is 10.3. The molecule has 5 nitrogen and oxygen atoms in total. The predicted octanol–water partition coefficient (Wildman–Crippen LogP) is 1.16. The highest BCUT2D eigenvalue weighted by molar-refractivity contribution is 5.85. The van der Waals surface area contributed by atoms with E-state index in [9.17, 15) is 9.90 Å². The van der Waals surface area contributed by atoms with E-state index >= 15 is 0 Å². The van der Waals surface area contributed by atoms with Crippen LogP contribution in [0, 0.1) is 5.41 Å². The van der Waals surface area contributed by atoms with Crippen molar-refractivity contribution in [3.05, 3.63) is 35.9 Å². The van der Waals surface area contributed by atoms with Gasteiger partial charge in [0, 0.05) is 33.2 Å². The number of ether oxygens (including phenoxy) is 1. The first-order valence-electron chi connectivity index (χ1n) is 8.87. The van der Waals surface area contributed by atoms with E-state index in [4.69, 9.17) is 4.74 Å². The lowest BCUT2D eigenvalue weighted by Crippen LogP contribution is -2.46. The first-order chi connectivity index (χ1) is 11.6. The Morgan fingerprint density at radius 2 is 1.96 bits per heavy atom. The lowest BCUT2D eigenvalue weighted by Gasteiger charge is -2.31. The lowest BCUT2D eigenvalue weighted by molar-refractivity contribution is -0.137. The summed E-state index contributed by atoms with van der Waals surface area (Å²) in [7, 11) is 1.82. The van der Waals surface area contributed by atoms with E-state index in [1.165, 1.54) is 5.56 Å². The minimum atomic E-state index is -0.510. The third-order valence-corrected chi connectivity index (χ3v) is 5.10. The molecule has 1 N–H and O–H groups in total. The molecule has 1 unspecified atom stereocenters. The summed E-state index contributed by atoms with van der Waals surface area (Å²) in [4.78, 5) is 16.8. The van der Waals surface area contributed by atoms with E-state index in [-0.39, 0.29) is 11.3 Å². The zero-order valence-corrected chi connectivity index (χ0v) is 14.5. The molecule has 0 radical (unpaired) electrons. The number of morpholine rings is 1. The molecular formula is C19H28N2O3. The number of carbonyl (C=O) groups is 1. The van der Waals surface area contributed by atoms with Gasteiger partial charge in [-0.1, -0.05) is 30.3 Å². The van der Waals surface area contributed by atoms with Crippen LogP contribution in [0.1, 0.15) is 18.4 Å². The maximum Gasteiger partial charge on any atom is 0.228 e. The Morgan fingerprint density at radius 1 is 1.29 bits per heavy atom. The normalized spacial score (nSPS) is 21.2. The van der Waals surface area contributed by atoms with Gasteiger partial charge in [0.1, 0.15) is 0 Å². The van der Waals surface area contributed by atoms with E-state index in [0.717, 1.165) is 45.6 Å². The summed E-state index contributed by atoms with van der Waals surface area (Å²) in [5.74, 6) is 0.174. The molecule has 132 valence electrons. The number of rotatable bonds is 7. The monoisotopic (exact) mass is 332 g/mol. The lowest BCUT2D eigenvalue weighted by atomic mass is 9.95. The van der Waals surface area contributed by atoms with Crippen LogP contribution in [0.2, 0.25) is 0 Å². The van der Waals surface area contributed by atoms with Gasteiger partial charge < -0.3 is 14.7 Å². The number of benzene rings is 1. The number of amides is 1. The summed E-state index contributed by atoms with van der Waals surface area (Å²) in [5.41, 5.74) is 0.972. The van der Waals surface area contributed by atoms with Crippen LogP contribution in [0.3, 0.4) is 0 Å². The third kappa shape index (κ3) is 4.35. The maximum atomic E-state index is 12.8. The van der Waals surface area contributed by atoms with Crippen LogP contribution in [0.15, 0.2) is 30.3 Å². The first-order valence-corrected chi connectivity index (χ1v) is 8.87. The molecule has 1 saturated heterocycles. The molecule has 5 heteroatoms. The molecule has 3 rings (SSSR count). The van der Waals surface area contributed by atoms with Gasteiger partial charge in [0.25, 0.3) is 0 Å². The third-order valence-electron chi connectivity index (χ3n) is 5.10. The van der Waals surface area contributed by atoms with Crippen LogP contribution >= 0.6 is 0 Å². The van der Waals surface area contributed by atoms with Crippen molar-refractivity contribution < 1.29 is 14.6 Å². The van der Waals surface area contributed by atoms with Crippen molar-refractivity contribution in [2.45, 2.75) is 25.4 Å². The highest BCUT2D eigenvalue weighted by Crippen LogP contribution is 2.49. The summed E-state index contributed by atoms with van der Waals surface area (Å²) < 4.78 is 5.32. The number of carbonyl (C=O) groups excluding carboxylic acids is 1. The number of aliphatic hydroxyl groups excluding tert-OH is 1. The van der Waals surface area contributed by atoms with Crippen molar-refractivity contribution in [3.8, 4) is 0 Å². The van der Waals surface area contributed by atoms with E-state index in [2.05, 4.69) is 17.0 Å². The molecule has 1 atom stereocenters. The number of likely N-dealkylation sites (N-methyl/N-ethyl adjacent to an activating group) is 1. The van der Waals surface area contributed by atoms with Crippen LogP contribution in [-0.2, 0) is 16.0 Å². The van der Waals surface area contributed by atoms with Crippen LogP contribution < -0.4 is 0 Å². The molecule has 1 aliphatic heterocycles. The SMILES string of the molecule is CN(CC(O)CN1CCOCC1)C(=O)C1(Cc2ccccc2)CC1. The highest BCUT2D eigenvalue weighted by atomic mass is 16.5. The molecule has 1 aromatic carbocycles. The maximum absolute atomic E-state index is 12.8. The first kappa shape index (κ1) is 17.4. The minimum Gasteiger partial charge on any atom is -0.390 e. The second-order valence-corrected chi connectivity index (χ2v) is 7.20. The topological polar surface area (TPSA) is 53.0 Å². The Labute approximate surface area is 144 Å². The van der Waals surface area contributed by atoms with Crippen molar-refractivity contribution >= 4 is 5.91 Å². The van der Waals surface area contributed by atoms with Gasteiger partial charge in [-0.15, -0.1) is 0 Å². The Balaban J connectivity index is 1.50. The van der Waals surface area contributed by atoms with Crippen molar-refractivity contribution in [1.29, 1.82) is 0 Å². The molecule has 1 heterocycles. The zero-order valence-electron chi connectivity index (χ0n) is 14.5. The van der Waals surface area contributed by atoms with E-state index in [1.807, 2.05) is 25.2 Å². The second-order valence-electron chi connectivity index (χ2n) is 7.20. The summed E-state index contributed by atoms with van der Waals surface area (Å²) in [6, 6.07) is 10.2. The number of hydrogen-bond acceptors (Lipinski definition) is 4. The number of hydrogen-bond donors (Lipinski definition) is 1. The summed E-state index contributed by atoms with van der Waals surface area (Å²) >= 11 is 0. The highest BCUT2D eigenvalue weighted by Gasteiger charge is 2.50. The molecule has 1 aromatic rings. The number of aliphatic hydroxyl groups is 1. The van der Waals surface area contributed by atoms with E-state index < -0.39 is 6.10 Å². The molecule has 2 aliphatic rings. The second kappa shape index (κ2) is 7.64. The smallest absolute Gasteiger partial charge is 0.228 e. The van der Waals surface area contributed by atoms with Gasteiger partial charge in [0.2, 0.25) is 5.91 Å². The zero-order chi connectivity index (χ0) is 17.0. The molecule has 1 amide bonds. The molecule has 0 spiro atoms.